The number of para-hydroxylation sites is 1. The van der Waals surface area contributed by atoms with Crippen LogP contribution in [0.15, 0.2) is 36.4 Å². The van der Waals surface area contributed by atoms with Crippen LogP contribution in [0.2, 0.25) is 10.0 Å². The first-order valence-electron chi connectivity index (χ1n) is 6.06. The van der Waals surface area contributed by atoms with Crippen LogP contribution in [0.4, 0.5) is 5.69 Å². The summed E-state index contributed by atoms with van der Waals surface area (Å²) in [6, 6.07) is 9.13. The second kappa shape index (κ2) is 6.30. The van der Waals surface area contributed by atoms with Gasteiger partial charge in [0.15, 0.2) is 0 Å². The van der Waals surface area contributed by atoms with Crippen LogP contribution in [0.1, 0.15) is 18.5 Å². The van der Waals surface area contributed by atoms with Gasteiger partial charge in [-0.25, -0.2) is 0 Å². The van der Waals surface area contributed by atoms with Crippen molar-refractivity contribution in [3.8, 4) is 11.5 Å². The largest absolute Gasteiger partial charge is 0.447 e. The third kappa shape index (κ3) is 3.44. The molecule has 110 valence electrons. The lowest BCUT2D eigenvalue weighted by Crippen LogP contribution is -2.04. The Morgan fingerprint density at radius 2 is 1.95 bits per heavy atom. The number of benzene rings is 2. The van der Waals surface area contributed by atoms with Gasteiger partial charge < -0.3 is 10.5 Å². The molecule has 2 rings (SSSR count). The minimum Gasteiger partial charge on any atom is -0.447 e. The van der Waals surface area contributed by atoms with E-state index < -0.39 is 4.92 Å². The average Bonchev–Trinajstić information content (AvgIpc) is 2.42. The number of nitrogens with two attached hydrogens (primary N) is 1. The van der Waals surface area contributed by atoms with E-state index in [9.17, 15) is 10.1 Å². The molecule has 0 aromatic heterocycles. The fourth-order valence-electron chi connectivity index (χ4n) is 1.74. The first-order valence-corrected chi connectivity index (χ1v) is 6.81. The Morgan fingerprint density at radius 3 is 2.52 bits per heavy atom. The van der Waals surface area contributed by atoms with Gasteiger partial charge in [0.05, 0.1) is 15.0 Å². The van der Waals surface area contributed by atoms with Gasteiger partial charge in [0, 0.05) is 12.1 Å². The molecule has 0 heterocycles. The molecule has 0 radical (unpaired) electrons. The molecule has 1 unspecified atom stereocenters. The van der Waals surface area contributed by atoms with Crippen molar-refractivity contribution < 1.29 is 9.66 Å². The van der Waals surface area contributed by atoms with Gasteiger partial charge in [0.2, 0.25) is 5.75 Å². The van der Waals surface area contributed by atoms with Crippen LogP contribution in [-0.2, 0) is 0 Å². The van der Waals surface area contributed by atoms with Crippen LogP contribution >= 0.6 is 23.2 Å². The highest BCUT2D eigenvalue weighted by molar-refractivity contribution is 6.33. The van der Waals surface area contributed by atoms with Gasteiger partial charge in [-0.1, -0.05) is 35.3 Å². The van der Waals surface area contributed by atoms with Gasteiger partial charge in [0.1, 0.15) is 5.75 Å². The van der Waals surface area contributed by atoms with Crippen LogP contribution in [0.5, 0.6) is 11.5 Å². The predicted octanol–water partition coefficient (Wildman–Crippen LogP) is 4.71. The Kier molecular flexibility index (Phi) is 4.67. The van der Waals surface area contributed by atoms with Gasteiger partial charge in [-0.05, 0) is 30.7 Å². The van der Waals surface area contributed by atoms with Crippen molar-refractivity contribution in [1.29, 1.82) is 0 Å². The number of hydrogen-bond acceptors (Lipinski definition) is 4. The van der Waals surface area contributed by atoms with Gasteiger partial charge in [-0.3, -0.25) is 10.1 Å². The standard InChI is InChI=1S/C14H12Cl2N2O3/c1-8(17)9-5-6-13(11(16)7-9)21-14-10(15)3-2-4-12(14)18(19)20/h2-8H,17H2,1H3. The highest BCUT2D eigenvalue weighted by atomic mass is 35.5. The summed E-state index contributed by atoms with van der Waals surface area (Å²) in [5, 5.41) is 11.5. The number of ether oxygens (including phenoxy) is 1. The van der Waals surface area contributed by atoms with E-state index in [1.807, 2.05) is 6.92 Å². The second-order valence-electron chi connectivity index (χ2n) is 4.43. The van der Waals surface area contributed by atoms with Gasteiger partial charge >= 0.3 is 5.69 Å². The highest BCUT2D eigenvalue weighted by Gasteiger charge is 2.20. The maximum atomic E-state index is 11.0. The molecule has 5 nitrogen and oxygen atoms in total. The summed E-state index contributed by atoms with van der Waals surface area (Å²) < 4.78 is 5.52. The molecule has 0 amide bonds. The minimum atomic E-state index is -0.564. The zero-order chi connectivity index (χ0) is 15.6. The van der Waals surface area contributed by atoms with Crippen LogP contribution in [0, 0.1) is 10.1 Å². The Balaban J connectivity index is 2.41. The summed E-state index contributed by atoms with van der Waals surface area (Å²) in [5.74, 6) is 0.233. The third-order valence-corrected chi connectivity index (χ3v) is 3.43. The lowest BCUT2D eigenvalue weighted by molar-refractivity contribution is -0.385. The molecule has 0 bridgehead atoms. The Morgan fingerprint density at radius 1 is 1.24 bits per heavy atom. The molecule has 0 fully saturated rings. The molecule has 0 saturated heterocycles. The summed E-state index contributed by atoms with van der Waals surface area (Å²) >= 11 is 12.1. The molecular weight excluding hydrogens is 315 g/mol. The molecule has 0 aliphatic carbocycles. The van der Waals surface area contributed by atoms with E-state index in [4.69, 9.17) is 33.7 Å². The van der Waals surface area contributed by atoms with Crippen molar-refractivity contribution in [2.24, 2.45) is 5.73 Å². The van der Waals surface area contributed by atoms with E-state index >= 15 is 0 Å². The van der Waals surface area contributed by atoms with Crippen LogP contribution in [-0.4, -0.2) is 4.92 Å². The molecule has 7 heteroatoms. The molecule has 1 atom stereocenters. The Bertz CT molecular complexity index is 690. The lowest BCUT2D eigenvalue weighted by Gasteiger charge is -2.12. The average molecular weight is 327 g/mol. The SMILES string of the molecule is CC(N)c1ccc(Oc2c(Cl)cccc2[N+](=O)[O-])c(Cl)c1. The molecule has 0 aliphatic rings. The van der Waals surface area contributed by atoms with Crippen LogP contribution in [0.25, 0.3) is 0 Å². The summed E-state index contributed by atoms with van der Waals surface area (Å²) in [5.41, 5.74) is 6.37. The first-order chi connectivity index (χ1) is 9.90. The first kappa shape index (κ1) is 15.6. The van der Waals surface area contributed by atoms with E-state index in [-0.39, 0.29) is 28.3 Å². The Labute approximate surface area is 131 Å². The minimum absolute atomic E-state index is 0.0420. The molecule has 0 aliphatic heterocycles. The van der Waals surface area contributed by atoms with Crippen molar-refractivity contribution in [3.05, 3.63) is 62.1 Å². The highest BCUT2D eigenvalue weighted by Crippen LogP contribution is 2.40. The molecule has 2 N–H and O–H groups in total. The van der Waals surface area contributed by atoms with E-state index in [1.165, 1.54) is 18.2 Å². The van der Waals surface area contributed by atoms with Gasteiger partial charge in [0.25, 0.3) is 0 Å². The number of nitro benzene ring substituents is 1. The second-order valence-corrected chi connectivity index (χ2v) is 5.24. The number of nitro groups is 1. The lowest BCUT2D eigenvalue weighted by atomic mass is 10.1. The predicted molar refractivity (Wildman–Crippen MR) is 82.2 cm³/mol. The summed E-state index contributed by atoms with van der Waals surface area (Å²) in [6.45, 7) is 1.82. The normalized spacial score (nSPS) is 12.0. The smallest absolute Gasteiger partial charge is 0.313 e. The number of halogens is 2. The third-order valence-electron chi connectivity index (χ3n) is 2.84. The Hall–Kier alpha value is -1.82. The van der Waals surface area contributed by atoms with Crippen molar-refractivity contribution in [2.75, 3.05) is 0 Å². The van der Waals surface area contributed by atoms with Crippen molar-refractivity contribution in [1.82, 2.24) is 0 Å². The van der Waals surface area contributed by atoms with E-state index in [0.717, 1.165) is 5.56 Å². The van der Waals surface area contributed by atoms with Gasteiger partial charge in [-0.2, -0.15) is 0 Å². The zero-order valence-corrected chi connectivity index (χ0v) is 12.6. The molecule has 2 aromatic rings. The fraction of sp³-hybridized carbons (Fsp3) is 0.143. The van der Waals surface area contributed by atoms with Gasteiger partial charge in [-0.15, -0.1) is 0 Å². The van der Waals surface area contributed by atoms with Crippen LogP contribution in [0.3, 0.4) is 0 Å². The van der Waals surface area contributed by atoms with Crippen molar-refractivity contribution >= 4 is 28.9 Å². The maximum absolute atomic E-state index is 11.0. The zero-order valence-electron chi connectivity index (χ0n) is 11.0. The van der Waals surface area contributed by atoms with Crippen molar-refractivity contribution in [3.63, 3.8) is 0 Å². The van der Waals surface area contributed by atoms with Crippen LogP contribution < -0.4 is 10.5 Å². The van der Waals surface area contributed by atoms with E-state index in [1.54, 1.807) is 18.2 Å². The number of hydrogen-bond donors (Lipinski definition) is 1. The molecule has 21 heavy (non-hydrogen) atoms. The number of nitrogens with zero attached hydrogens (tertiary/aromatic N) is 1. The molecule has 0 saturated carbocycles. The summed E-state index contributed by atoms with van der Waals surface area (Å²) in [4.78, 5) is 10.4. The molecular formula is C14H12Cl2N2O3. The molecule has 2 aromatic carbocycles. The number of rotatable bonds is 4. The monoisotopic (exact) mass is 326 g/mol. The summed E-state index contributed by atoms with van der Waals surface area (Å²) in [6.07, 6.45) is 0. The summed E-state index contributed by atoms with van der Waals surface area (Å²) in [7, 11) is 0. The topological polar surface area (TPSA) is 78.4 Å². The van der Waals surface area contributed by atoms with E-state index in [0.29, 0.717) is 5.02 Å². The quantitative estimate of drug-likeness (QED) is 0.651. The van der Waals surface area contributed by atoms with E-state index in [2.05, 4.69) is 0 Å². The molecule has 0 spiro atoms. The fourth-order valence-corrected chi connectivity index (χ4v) is 2.17. The maximum Gasteiger partial charge on any atom is 0.313 e. The van der Waals surface area contributed by atoms with Crippen molar-refractivity contribution in [2.45, 2.75) is 13.0 Å².